The van der Waals surface area contributed by atoms with Crippen LogP contribution < -0.4 is 5.32 Å². The molecule has 1 heterocycles. The highest BCUT2D eigenvalue weighted by Crippen LogP contribution is 2.26. The largest absolute Gasteiger partial charge is 0.335 e. The van der Waals surface area contributed by atoms with Gasteiger partial charge in [0.15, 0.2) is 0 Å². The summed E-state index contributed by atoms with van der Waals surface area (Å²) in [6, 6.07) is 5.40. The minimum atomic E-state index is -0.299. The van der Waals surface area contributed by atoms with Gasteiger partial charge in [-0.05, 0) is 37.5 Å². The molecule has 88 valence electrons. The van der Waals surface area contributed by atoms with E-state index in [-0.39, 0.29) is 5.82 Å². The summed E-state index contributed by atoms with van der Waals surface area (Å²) in [5, 5.41) is 6.96. The molecule has 0 atom stereocenters. The fraction of sp³-hybridized carbons (Fsp3) is 0.333. The van der Waals surface area contributed by atoms with Crippen molar-refractivity contribution in [3.63, 3.8) is 0 Å². The topological polar surface area (TPSA) is 51.0 Å². The molecule has 1 fully saturated rings. The van der Waals surface area contributed by atoms with Crippen molar-refractivity contribution in [1.29, 1.82) is 0 Å². The number of hydrogen-bond acceptors (Lipinski definition) is 4. The van der Waals surface area contributed by atoms with E-state index in [0.29, 0.717) is 23.4 Å². The lowest BCUT2D eigenvalue weighted by Crippen LogP contribution is -2.00. The van der Waals surface area contributed by atoms with Crippen molar-refractivity contribution in [3.8, 4) is 11.4 Å². The Morgan fingerprint density at radius 2 is 2.24 bits per heavy atom. The van der Waals surface area contributed by atoms with Gasteiger partial charge in [-0.3, -0.25) is 0 Å². The molecule has 1 aliphatic carbocycles. The molecule has 0 saturated heterocycles. The maximum Gasteiger partial charge on any atom is 0.322 e. The summed E-state index contributed by atoms with van der Waals surface area (Å²) < 4.78 is 18.2. The van der Waals surface area contributed by atoms with Gasteiger partial charge in [0.25, 0.3) is 0 Å². The Kier molecular flexibility index (Phi) is 2.31. The number of nitrogens with zero attached hydrogens (tertiary/aromatic N) is 2. The Labute approximate surface area is 97.8 Å². The summed E-state index contributed by atoms with van der Waals surface area (Å²) in [7, 11) is 0. The maximum absolute atomic E-state index is 13.2. The number of aromatic nitrogens is 2. The molecular weight excluding hydrogens is 221 g/mol. The van der Waals surface area contributed by atoms with Gasteiger partial charge < -0.3 is 9.84 Å². The van der Waals surface area contributed by atoms with E-state index in [1.807, 2.05) is 6.92 Å². The summed E-state index contributed by atoms with van der Waals surface area (Å²) >= 11 is 0. The first kappa shape index (κ1) is 10.3. The van der Waals surface area contributed by atoms with Crippen LogP contribution in [-0.4, -0.2) is 16.2 Å². The second-order valence-corrected chi connectivity index (χ2v) is 4.30. The molecular formula is C12H12FN3O. The molecule has 1 aliphatic rings. The maximum atomic E-state index is 13.2. The molecule has 1 saturated carbocycles. The van der Waals surface area contributed by atoms with E-state index >= 15 is 0 Å². The molecule has 2 aromatic rings. The highest BCUT2D eigenvalue weighted by Gasteiger charge is 2.23. The van der Waals surface area contributed by atoms with Gasteiger partial charge in [-0.1, -0.05) is 11.2 Å². The van der Waals surface area contributed by atoms with Crippen LogP contribution in [0.25, 0.3) is 11.4 Å². The summed E-state index contributed by atoms with van der Waals surface area (Å²) in [5.41, 5.74) is 1.59. The molecule has 4 nitrogen and oxygen atoms in total. The van der Waals surface area contributed by atoms with Crippen LogP contribution in [0.2, 0.25) is 0 Å². The highest BCUT2D eigenvalue weighted by atomic mass is 19.1. The van der Waals surface area contributed by atoms with E-state index < -0.39 is 0 Å². The van der Waals surface area contributed by atoms with Gasteiger partial charge in [0.05, 0.1) is 0 Å². The van der Waals surface area contributed by atoms with Crippen molar-refractivity contribution in [2.45, 2.75) is 25.8 Å². The van der Waals surface area contributed by atoms with Crippen LogP contribution in [0.1, 0.15) is 18.4 Å². The van der Waals surface area contributed by atoms with E-state index in [2.05, 4.69) is 15.5 Å². The number of benzene rings is 1. The predicted octanol–water partition coefficient (Wildman–Crippen LogP) is 2.76. The fourth-order valence-corrected chi connectivity index (χ4v) is 1.63. The SMILES string of the molecule is Cc1ccc(F)cc1-c1noc(NC2CC2)n1. The number of halogens is 1. The van der Waals surface area contributed by atoms with Crippen molar-refractivity contribution < 1.29 is 8.91 Å². The van der Waals surface area contributed by atoms with Gasteiger partial charge in [0.1, 0.15) is 5.82 Å². The van der Waals surface area contributed by atoms with Crippen LogP contribution in [-0.2, 0) is 0 Å². The fourth-order valence-electron chi connectivity index (χ4n) is 1.63. The van der Waals surface area contributed by atoms with E-state index in [9.17, 15) is 4.39 Å². The van der Waals surface area contributed by atoms with E-state index in [0.717, 1.165) is 18.4 Å². The van der Waals surface area contributed by atoms with E-state index in [4.69, 9.17) is 4.52 Å². The van der Waals surface area contributed by atoms with Gasteiger partial charge in [-0.15, -0.1) is 0 Å². The van der Waals surface area contributed by atoms with Gasteiger partial charge in [0.2, 0.25) is 5.82 Å². The lowest BCUT2D eigenvalue weighted by molar-refractivity contribution is 0.431. The number of hydrogen-bond donors (Lipinski definition) is 1. The molecule has 5 heteroatoms. The zero-order valence-electron chi connectivity index (χ0n) is 9.40. The van der Waals surface area contributed by atoms with Crippen molar-refractivity contribution >= 4 is 6.01 Å². The van der Waals surface area contributed by atoms with Crippen LogP contribution in [0.4, 0.5) is 10.4 Å². The highest BCUT2D eigenvalue weighted by molar-refractivity contribution is 5.60. The normalized spacial score (nSPS) is 14.9. The molecule has 1 N–H and O–H groups in total. The number of nitrogens with one attached hydrogen (secondary N) is 1. The standard InChI is InChI=1S/C12H12FN3O/c1-7-2-3-8(13)6-10(7)11-15-12(17-16-11)14-9-4-5-9/h2-3,6,9H,4-5H2,1H3,(H,14,15,16). The first-order valence-corrected chi connectivity index (χ1v) is 5.59. The van der Waals surface area contributed by atoms with Crippen LogP contribution in [0, 0.1) is 12.7 Å². The van der Waals surface area contributed by atoms with Gasteiger partial charge in [-0.2, -0.15) is 4.98 Å². The molecule has 1 aromatic heterocycles. The third kappa shape index (κ3) is 2.13. The average Bonchev–Trinajstić information content (AvgIpc) is 2.99. The smallest absolute Gasteiger partial charge is 0.322 e. The lowest BCUT2D eigenvalue weighted by Gasteiger charge is -1.99. The predicted molar refractivity (Wildman–Crippen MR) is 61.1 cm³/mol. The van der Waals surface area contributed by atoms with Crippen molar-refractivity contribution in [3.05, 3.63) is 29.6 Å². The summed E-state index contributed by atoms with van der Waals surface area (Å²) in [4.78, 5) is 4.21. The quantitative estimate of drug-likeness (QED) is 0.885. The molecule has 0 unspecified atom stereocenters. The first-order valence-electron chi connectivity index (χ1n) is 5.59. The Balaban J connectivity index is 1.91. The molecule has 0 radical (unpaired) electrons. The number of anilines is 1. The van der Waals surface area contributed by atoms with Crippen molar-refractivity contribution in [2.24, 2.45) is 0 Å². The minimum absolute atomic E-state index is 0.299. The zero-order chi connectivity index (χ0) is 11.8. The first-order chi connectivity index (χ1) is 8.22. The van der Waals surface area contributed by atoms with E-state index in [1.165, 1.54) is 12.1 Å². The van der Waals surface area contributed by atoms with Crippen molar-refractivity contribution in [1.82, 2.24) is 10.1 Å². The number of rotatable bonds is 3. The van der Waals surface area contributed by atoms with Gasteiger partial charge in [0, 0.05) is 11.6 Å². The van der Waals surface area contributed by atoms with Crippen LogP contribution >= 0.6 is 0 Å². The average molecular weight is 233 g/mol. The Hall–Kier alpha value is -1.91. The van der Waals surface area contributed by atoms with E-state index in [1.54, 1.807) is 6.07 Å². The van der Waals surface area contributed by atoms with Crippen LogP contribution in [0.5, 0.6) is 0 Å². The number of aryl methyl sites for hydroxylation is 1. The molecule has 0 spiro atoms. The molecule has 17 heavy (non-hydrogen) atoms. The summed E-state index contributed by atoms with van der Waals surface area (Å²) in [6.45, 7) is 1.89. The second kappa shape index (κ2) is 3.84. The van der Waals surface area contributed by atoms with Crippen molar-refractivity contribution in [2.75, 3.05) is 5.32 Å². The van der Waals surface area contributed by atoms with Crippen LogP contribution in [0.15, 0.2) is 22.7 Å². The summed E-state index contributed by atoms with van der Waals surface area (Å²) in [5.74, 6) is 0.122. The Morgan fingerprint density at radius 3 is 3.00 bits per heavy atom. The third-order valence-electron chi connectivity index (χ3n) is 2.77. The van der Waals surface area contributed by atoms with Gasteiger partial charge >= 0.3 is 6.01 Å². The summed E-state index contributed by atoms with van der Waals surface area (Å²) in [6.07, 6.45) is 2.27. The zero-order valence-corrected chi connectivity index (χ0v) is 9.40. The monoisotopic (exact) mass is 233 g/mol. The molecule has 0 bridgehead atoms. The van der Waals surface area contributed by atoms with Gasteiger partial charge in [-0.25, -0.2) is 4.39 Å². The second-order valence-electron chi connectivity index (χ2n) is 4.30. The molecule has 0 amide bonds. The Bertz CT molecular complexity index is 548. The molecule has 0 aliphatic heterocycles. The van der Waals surface area contributed by atoms with Crippen LogP contribution in [0.3, 0.4) is 0 Å². The Morgan fingerprint density at radius 1 is 1.41 bits per heavy atom. The third-order valence-corrected chi connectivity index (χ3v) is 2.77. The lowest BCUT2D eigenvalue weighted by atomic mass is 10.1. The molecule has 1 aromatic carbocycles. The minimum Gasteiger partial charge on any atom is -0.335 e. The molecule has 3 rings (SSSR count).